The Morgan fingerprint density at radius 3 is 2.61 bits per heavy atom. The van der Waals surface area contributed by atoms with Crippen LogP contribution in [0.2, 0.25) is 0 Å². The summed E-state index contributed by atoms with van der Waals surface area (Å²) in [6, 6.07) is 4.27. The monoisotopic (exact) mass is 314 g/mol. The van der Waals surface area contributed by atoms with E-state index in [-0.39, 0.29) is 0 Å². The van der Waals surface area contributed by atoms with Crippen molar-refractivity contribution in [3.63, 3.8) is 0 Å². The van der Waals surface area contributed by atoms with Crippen LogP contribution in [0.4, 0.5) is 0 Å². The molecule has 18 heavy (non-hydrogen) atoms. The molecule has 2 N–H and O–H groups in total. The number of likely N-dealkylation sites (tertiary alicyclic amines) is 1. The van der Waals surface area contributed by atoms with Gasteiger partial charge in [-0.1, -0.05) is 0 Å². The van der Waals surface area contributed by atoms with E-state index in [1.54, 1.807) is 14.2 Å². The van der Waals surface area contributed by atoms with Crippen LogP contribution in [0.15, 0.2) is 16.6 Å². The second-order valence-electron chi connectivity index (χ2n) is 4.58. The van der Waals surface area contributed by atoms with Gasteiger partial charge in [-0.3, -0.25) is 4.90 Å². The normalized spacial score (nSPS) is 20.1. The third kappa shape index (κ3) is 2.96. The van der Waals surface area contributed by atoms with Crippen LogP contribution < -0.4 is 15.2 Å². The molecule has 0 unspecified atom stereocenters. The summed E-state index contributed by atoms with van der Waals surface area (Å²) in [6.07, 6.45) is 1.07. The van der Waals surface area contributed by atoms with Crippen molar-refractivity contribution >= 4 is 15.9 Å². The Balaban J connectivity index is 2.20. The molecule has 0 radical (unpaired) electrons. The van der Waals surface area contributed by atoms with Gasteiger partial charge in [0.15, 0.2) is 0 Å². The first-order valence-corrected chi connectivity index (χ1v) is 6.81. The molecular weight excluding hydrogens is 296 g/mol. The van der Waals surface area contributed by atoms with Crippen LogP contribution in [0, 0.1) is 0 Å². The smallest absolute Gasteiger partial charge is 0.133 e. The van der Waals surface area contributed by atoms with Crippen LogP contribution in [0.5, 0.6) is 11.5 Å². The van der Waals surface area contributed by atoms with Crippen LogP contribution in [-0.4, -0.2) is 38.3 Å². The minimum absolute atomic E-state index is 0.299. The first kappa shape index (κ1) is 13.6. The molecule has 1 aromatic carbocycles. The minimum atomic E-state index is 0.299. The molecule has 0 bridgehead atoms. The number of hydrogen-bond acceptors (Lipinski definition) is 4. The summed E-state index contributed by atoms with van der Waals surface area (Å²) >= 11 is 3.47. The highest BCUT2D eigenvalue weighted by molar-refractivity contribution is 9.10. The van der Waals surface area contributed by atoms with E-state index in [9.17, 15) is 0 Å². The zero-order chi connectivity index (χ0) is 13.1. The molecule has 1 atom stereocenters. The van der Waals surface area contributed by atoms with E-state index in [1.165, 1.54) is 0 Å². The van der Waals surface area contributed by atoms with Gasteiger partial charge in [-0.15, -0.1) is 0 Å². The molecule has 5 heteroatoms. The maximum Gasteiger partial charge on any atom is 0.133 e. The van der Waals surface area contributed by atoms with E-state index in [2.05, 4.69) is 20.8 Å². The van der Waals surface area contributed by atoms with Crippen LogP contribution >= 0.6 is 15.9 Å². The summed E-state index contributed by atoms with van der Waals surface area (Å²) in [6.45, 7) is 2.84. The van der Waals surface area contributed by atoms with Gasteiger partial charge in [-0.05, 0) is 34.5 Å². The number of nitrogens with zero attached hydrogens (tertiary/aromatic N) is 1. The van der Waals surface area contributed by atoms with Crippen molar-refractivity contribution in [2.75, 3.05) is 27.3 Å². The highest BCUT2D eigenvalue weighted by atomic mass is 79.9. The standard InChI is InChI=1S/C13H19BrN2O2/c1-17-12-6-11(14)13(18-2)5-9(12)7-16-4-3-10(15)8-16/h5-6,10H,3-4,7-8,15H2,1-2H3/t10-/m0/s1. The SMILES string of the molecule is COc1cc(CN2CC[C@H](N)C2)c(OC)cc1Br. The molecule has 1 aliphatic rings. The second-order valence-corrected chi connectivity index (χ2v) is 5.44. The highest BCUT2D eigenvalue weighted by Gasteiger charge is 2.21. The first-order valence-electron chi connectivity index (χ1n) is 6.02. The van der Waals surface area contributed by atoms with Gasteiger partial charge in [0.05, 0.1) is 18.7 Å². The molecule has 0 aliphatic carbocycles. The van der Waals surface area contributed by atoms with Crippen LogP contribution in [0.3, 0.4) is 0 Å². The molecule has 0 saturated carbocycles. The molecule has 100 valence electrons. The van der Waals surface area contributed by atoms with Crippen molar-refractivity contribution in [1.29, 1.82) is 0 Å². The van der Waals surface area contributed by atoms with E-state index in [0.717, 1.165) is 47.6 Å². The summed E-state index contributed by atoms with van der Waals surface area (Å²) in [5.74, 6) is 1.71. The number of ether oxygens (including phenoxy) is 2. The van der Waals surface area contributed by atoms with Crippen molar-refractivity contribution in [2.24, 2.45) is 5.73 Å². The molecule has 1 aromatic rings. The molecule has 1 fully saturated rings. The number of benzene rings is 1. The fourth-order valence-corrected chi connectivity index (χ4v) is 2.78. The largest absolute Gasteiger partial charge is 0.496 e. The molecule has 0 amide bonds. The van der Waals surface area contributed by atoms with Gasteiger partial charge < -0.3 is 15.2 Å². The third-order valence-electron chi connectivity index (χ3n) is 3.26. The third-order valence-corrected chi connectivity index (χ3v) is 3.88. The van der Waals surface area contributed by atoms with E-state index >= 15 is 0 Å². The van der Waals surface area contributed by atoms with Gasteiger partial charge in [-0.2, -0.15) is 0 Å². The van der Waals surface area contributed by atoms with Crippen molar-refractivity contribution in [3.8, 4) is 11.5 Å². The summed E-state index contributed by atoms with van der Waals surface area (Å²) in [7, 11) is 3.36. The van der Waals surface area contributed by atoms with Gasteiger partial charge in [0, 0.05) is 31.2 Å². The number of rotatable bonds is 4. The van der Waals surface area contributed by atoms with Gasteiger partial charge in [-0.25, -0.2) is 0 Å². The lowest BCUT2D eigenvalue weighted by Crippen LogP contribution is -2.26. The van der Waals surface area contributed by atoms with E-state index in [1.807, 2.05) is 12.1 Å². The van der Waals surface area contributed by atoms with E-state index < -0.39 is 0 Å². The quantitative estimate of drug-likeness (QED) is 0.923. The summed E-state index contributed by atoms with van der Waals surface area (Å²) < 4.78 is 11.7. The molecule has 1 heterocycles. The molecule has 0 spiro atoms. The van der Waals surface area contributed by atoms with E-state index in [4.69, 9.17) is 15.2 Å². The van der Waals surface area contributed by atoms with E-state index in [0.29, 0.717) is 6.04 Å². The number of methoxy groups -OCH3 is 2. The zero-order valence-electron chi connectivity index (χ0n) is 10.8. The Morgan fingerprint density at radius 1 is 1.33 bits per heavy atom. The lowest BCUT2D eigenvalue weighted by Gasteiger charge is -2.18. The predicted molar refractivity (Wildman–Crippen MR) is 75.1 cm³/mol. The fraction of sp³-hybridized carbons (Fsp3) is 0.538. The molecule has 1 aliphatic heterocycles. The Bertz CT molecular complexity index is 426. The molecular formula is C13H19BrN2O2. The Hall–Kier alpha value is -0.780. The van der Waals surface area contributed by atoms with Crippen LogP contribution in [-0.2, 0) is 6.54 Å². The second kappa shape index (κ2) is 5.91. The lowest BCUT2D eigenvalue weighted by atomic mass is 10.1. The van der Waals surface area contributed by atoms with Crippen LogP contribution in [0.25, 0.3) is 0 Å². The number of halogens is 1. The maximum absolute atomic E-state index is 5.92. The van der Waals surface area contributed by atoms with Crippen molar-refractivity contribution in [3.05, 3.63) is 22.2 Å². The topological polar surface area (TPSA) is 47.7 Å². The highest BCUT2D eigenvalue weighted by Crippen LogP contribution is 2.33. The first-order chi connectivity index (χ1) is 8.63. The summed E-state index contributed by atoms with van der Waals surface area (Å²) in [5.41, 5.74) is 7.06. The average molecular weight is 315 g/mol. The molecule has 0 aromatic heterocycles. The Kier molecular flexibility index (Phi) is 4.48. The van der Waals surface area contributed by atoms with Crippen molar-refractivity contribution in [2.45, 2.75) is 19.0 Å². The van der Waals surface area contributed by atoms with Gasteiger partial charge in [0.2, 0.25) is 0 Å². The summed E-state index contributed by atoms with van der Waals surface area (Å²) in [5, 5.41) is 0. The Labute approximate surface area is 116 Å². The molecule has 2 rings (SSSR count). The van der Waals surface area contributed by atoms with Gasteiger partial charge in [0.1, 0.15) is 11.5 Å². The fourth-order valence-electron chi connectivity index (χ4n) is 2.29. The molecule has 1 saturated heterocycles. The van der Waals surface area contributed by atoms with Crippen molar-refractivity contribution in [1.82, 2.24) is 4.90 Å². The summed E-state index contributed by atoms with van der Waals surface area (Å²) in [4.78, 5) is 2.34. The Morgan fingerprint density at radius 2 is 2.06 bits per heavy atom. The average Bonchev–Trinajstić information content (AvgIpc) is 2.76. The van der Waals surface area contributed by atoms with Crippen LogP contribution in [0.1, 0.15) is 12.0 Å². The lowest BCUT2D eigenvalue weighted by molar-refractivity contribution is 0.315. The number of nitrogens with two attached hydrogens (primary N) is 1. The van der Waals surface area contributed by atoms with Gasteiger partial charge >= 0.3 is 0 Å². The molecule has 4 nitrogen and oxygen atoms in total. The minimum Gasteiger partial charge on any atom is -0.496 e. The maximum atomic E-state index is 5.92. The van der Waals surface area contributed by atoms with Crippen molar-refractivity contribution < 1.29 is 9.47 Å². The predicted octanol–water partition coefficient (Wildman–Crippen LogP) is 2.00. The number of hydrogen-bond donors (Lipinski definition) is 1. The van der Waals surface area contributed by atoms with Gasteiger partial charge in [0.25, 0.3) is 0 Å². The zero-order valence-corrected chi connectivity index (χ0v) is 12.4.